The second-order valence-corrected chi connectivity index (χ2v) is 3.81. The van der Waals surface area contributed by atoms with Gasteiger partial charge in [0.25, 0.3) is 0 Å². The van der Waals surface area contributed by atoms with Crippen molar-refractivity contribution in [2.24, 2.45) is 4.99 Å². The molecule has 2 heterocycles. The highest BCUT2D eigenvalue weighted by atomic mass is 79.9. The summed E-state index contributed by atoms with van der Waals surface area (Å²) in [5, 5.41) is 9.35. The Kier molecular flexibility index (Phi) is 3.16. The van der Waals surface area contributed by atoms with E-state index in [9.17, 15) is 5.11 Å². The van der Waals surface area contributed by atoms with Gasteiger partial charge in [-0.15, -0.1) is 17.0 Å². The summed E-state index contributed by atoms with van der Waals surface area (Å²) < 4.78 is 5.69. The Hall–Kier alpha value is -1.07. The third-order valence-electron chi connectivity index (χ3n) is 2.81. The standard InChI is InChI=1S/C11H12N2O2.BrH/c14-9-1-2-10-8(5-9)6-15-11(10)13-4-3-12-7-13;/h1-2,5,7,11,14H,3-4,6H2;1H. The quantitative estimate of drug-likeness (QED) is 0.856. The molecule has 3 rings (SSSR count). The second kappa shape index (κ2) is 4.43. The number of halogens is 1. The van der Waals surface area contributed by atoms with Crippen molar-refractivity contribution in [3.05, 3.63) is 29.3 Å². The molecule has 0 amide bonds. The van der Waals surface area contributed by atoms with E-state index in [4.69, 9.17) is 4.74 Å². The number of aromatic hydroxyl groups is 1. The van der Waals surface area contributed by atoms with Crippen LogP contribution in [0.2, 0.25) is 0 Å². The molecule has 0 radical (unpaired) electrons. The van der Waals surface area contributed by atoms with Crippen LogP contribution in [0.4, 0.5) is 0 Å². The molecule has 1 N–H and O–H groups in total. The van der Waals surface area contributed by atoms with E-state index in [1.165, 1.54) is 0 Å². The Morgan fingerprint density at radius 3 is 3.06 bits per heavy atom. The van der Waals surface area contributed by atoms with Gasteiger partial charge in [-0.3, -0.25) is 4.99 Å². The number of ether oxygens (including phenoxy) is 1. The van der Waals surface area contributed by atoms with Gasteiger partial charge in [-0.25, -0.2) is 0 Å². The number of nitrogens with zero attached hydrogens (tertiary/aromatic N) is 2. The van der Waals surface area contributed by atoms with Crippen LogP contribution in [0.15, 0.2) is 23.2 Å². The molecule has 2 aliphatic heterocycles. The fourth-order valence-electron chi connectivity index (χ4n) is 2.06. The zero-order valence-corrected chi connectivity index (χ0v) is 10.4. The van der Waals surface area contributed by atoms with Crippen molar-refractivity contribution in [1.29, 1.82) is 0 Å². The van der Waals surface area contributed by atoms with Crippen molar-refractivity contribution in [3.63, 3.8) is 0 Å². The molecule has 0 aromatic heterocycles. The van der Waals surface area contributed by atoms with Gasteiger partial charge in [0, 0.05) is 12.1 Å². The van der Waals surface area contributed by atoms with E-state index in [0.29, 0.717) is 12.4 Å². The highest BCUT2D eigenvalue weighted by Crippen LogP contribution is 2.34. The van der Waals surface area contributed by atoms with E-state index in [-0.39, 0.29) is 23.2 Å². The molecular formula is C11H13BrN2O2. The van der Waals surface area contributed by atoms with Gasteiger partial charge in [-0.05, 0) is 17.7 Å². The minimum Gasteiger partial charge on any atom is -0.508 e. The van der Waals surface area contributed by atoms with Crippen LogP contribution >= 0.6 is 17.0 Å². The molecular weight excluding hydrogens is 272 g/mol. The van der Waals surface area contributed by atoms with Crippen molar-refractivity contribution >= 4 is 23.3 Å². The molecule has 1 aromatic carbocycles. The van der Waals surface area contributed by atoms with Gasteiger partial charge < -0.3 is 14.7 Å². The van der Waals surface area contributed by atoms with E-state index in [1.54, 1.807) is 12.1 Å². The summed E-state index contributed by atoms with van der Waals surface area (Å²) in [5.41, 5.74) is 2.21. The molecule has 0 bridgehead atoms. The predicted molar refractivity (Wildman–Crippen MR) is 66.0 cm³/mol. The molecule has 0 saturated carbocycles. The fourth-order valence-corrected chi connectivity index (χ4v) is 2.06. The smallest absolute Gasteiger partial charge is 0.157 e. The number of phenolic OH excluding ortho intramolecular Hbond substituents is 1. The summed E-state index contributed by atoms with van der Waals surface area (Å²) in [6.45, 7) is 2.32. The van der Waals surface area contributed by atoms with E-state index in [1.807, 2.05) is 12.4 Å². The number of hydrogen-bond donors (Lipinski definition) is 1. The van der Waals surface area contributed by atoms with E-state index < -0.39 is 0 Å². The maximum Gasteiger partial charge on any atom is 0.157 e. The zero-order valence-electron chi connectivity index (χ0n) is 8.67. The van der Waals surface area contributed by atoms with Gasteiger partial charge in [0.1, 0.15) is 5.75 Å². The minimum atomic E-state index is -0.0214. The first kappa shape index (κ1) is 11.4. The van der Waals surface area contributed by atoms with Crippen molar-refractivity contribution < 1.29 is 9.84 Å². The third-order valence-corrected chi connectivity index (χ3v) is 2.81. The Labute approximate surface area is 104 Å². The monoisotopic (exact) mass is 284 g/mol. The zero-order chi connectivity index (χ0) is 10.3. The molecule has 5 heteroatoms. The average Bonchev–Trinajstić information content (AvgIpc) is 2.82. The SMILES string of the molecule is Br.Oc1ccc2c(c1)COC2N1C=NCC1. The van der Waals surface area contributed by atoms with Crippen LogP contribution in [0, 0.1) is 0 Å². The lowest BCUT2D eigenvalue weighted by atomic mass is 10.1. The normalized spacial score (nSPS) is 22.0. The first-order chi connectivity index (χ1) is 7.34. The van der Waals surface area contributed by atoms with E-state index >= 15 is 0 Å². The van der Waals surface area contributed by atoms with Gasteiger partial charge >= 0.3 is 0 Å². The number of phenols is 1. The summed E-state index contributed by atoms with van der Waals surface area (Å²) in [4.78, 5) is 6.26. The average molecular weight is 285 g/mol. The van der Waals surface area contributed by atoms with E-state index in [0.717, 1.165) is 24.2 Å². The van der Waals surface area contributed by atoms with Crippen molar-refractivity contribution in [1.82, 2.24) is 4.90 Å². The topological polar surface area (TPSA) is 45.1 Å². The van der Waals surface area contributed by atoms with Crippen LogP contribution in [-0.2, 0) is 11.3 Å². The van der Waals surface area contributed by atoms with Crippen LogP contribution in [0.1, 0.15) is 17.4 Å². The fraction of sp³-hybridized carbons (Fsp3) is 0.364. The molecule has 0 spiro atoms. The first-order valence-corrected chi connectivity index (χ1v) is 5.04. The van der Waals surface area contributed by atoms with Gasteiger partial charge in [0.05, 0.1) is 19.5 Å². The molecule has 0 saturated heterocycles. The number of fused-ring (bicyclic) bond motifs is 1. The summed E-state index contributed by atoms with van der Waals surface area (Å²) in [7, 11) is 0. The predicted octanol–water partition coefficient (Wildman–Crippen LogP) is 1.84. The molecule has 0 aliphatic carbocycles. The molecule has 16 heavy (non-hydrogen) atoms. The lowest BCUT2D eigenvalue weighted by Crippen LogP contribution is -2.25. The number of benzene rings is 1. The third kappa shape index (κ3) is 1.81. The molecule has 2 aliphatic rings. The maximum absolute atomic E-state index is 9.35. The summed E-state index contributed by atoms with van der Waals surface area (Å²) in [6.07, 6.45) is 1.82. The number of aliphatic imine (C=N–C) groups is 1. The van der Waals surface area contributed by atoms with Gasteiger partial charge in [-0.1, -0.05) is 6.07 Å². The summed E-state index contributed by atoms with van der Waals surface area (Å²) in [6, 6.07) is 5.39. The molecule has 1 unspecified atom stereocenters. The summed E-state index contributed by atoms with van der Waals surface area (Å²) in [5.74, 6) is 0.299. The molecule has 1 atom stereocenters. The van der Waals surface area contributed by atoms with Gasteiger partial charge in [0.15, 0.2) is 6.23 Å². The van der Waals surface area contributed by atoms with Crippen LogP contribution in [0.5, 0.6) is 5.75 Å². The molecule has 4 nitrogen and oxygen atoms in total. The minimum absolute atomic E-state index is 0. The Bertz CT molecular complexity index is 422. The van der Waals surface area contributed by atoms with Gasteiger partial charge in [-0.2, -0.15) is 0 Å². The Morgan fingerprint density at radius 2 is 2.31 bits per heavy atom. The lowest BCUT2D eigenvalue weighted by Gasteiger charge is -2.22. The molecule has 1 aromatic rings. The van der Waals surface area contributed by atoms with Crippen LogP contribution in [0.3, 0.4) is 0 Å². The van der Waals surface area contributed by atoms with E-state index in [2.05, 4.69) is 9.89 Å². The molecule has 86 valence electrons. The highest BCUT2D eigenvalue weighted by molar-refractivity contribution is 8.93. The van der Waals surface area contributed by atoms with Gasteiger partial charge in [0.2, 0.25) is 0 Å². The first-order valence-electron chi connectivity index (χ1n) is 5.04. The van der Waals surface area contributed by atoms with Crippen LogP contribution < -0.4 is 0 Å². The Morgan fingerprint density at radius 1 is 1.44 bits per heavy atom. The molecule has 0 fully saturated rings. The summed E-state index contributed by atoms with van der Waals surface area (Å²) >= 11 is 0. The Balaban J connectivity index is 0.000000963. The largest absolute Gasteiger partial charge is 0.508 e. The number of hydrogen-bond acceptors (Lipinski definition) is 4. The van der Waals surface area contributed by atoms with Crippen LogP contribution in [0.25, 0.3) is 0 Å². The highest BCUT2D eigenvalue weighted by Gasteiger charge is 2.28. The van der Waals surface area contributed by atoms with Crippen molar-refractivity contribution in [2.75, 3.05) is 13.1 Å². The second-order valence-electron chi connectivity index (χ2n) is 3.81. The maximum atomic E-state index is 9.35. The van der Waals surface area contributed by atoms with Crippen molar-refractivity contribution in [2.45, 2.75) is 12.8 Å². The van der Waals surface area contributed by atoms with Crippen LogP contribution in [-0.4, -0.2) is 29.4 Å². The lowest BCUT2D eigenvalue weighted by molar-refractivity contribution is -0.0101. The number of rotatable bonds is 1. The van der Waals surface area contributed by atoms with Crippen molar-refractivity contribution in [3.8, 4) is 5.75 Å².